The molecule has 0 aliphatic carbocycles. The van der Waals surface area contributed by atoms with Crippen LogP contribution in [-0.2, 0) is 11.3 Å². The van der Waals surface area contributed by atoms with Crippen LogP contribution < -0.4 is 4.74 Å². The highest BCUT2D eigenvalue weighted by Gasteiger charge is 2.30. The van der Waals surface area contributed by atoms with Gasteiger partial charge in [-0.1, -0.05) is 0 Å². The van der Waals surface area contributed by atoms with Gasteiger partial charge in [-0.05, 0) is 6.92 Å². The number of carbonyl (C=O) groups is 1. The molecule has 17 heavy (non-hydrogen) atoms. The maximum Gasteiger partial charge on any atom is 0.408 e. The molecular formula is C9H11F3N2O3. The molecule has 0 atom stereocenters. The minimum Gasteiger partial charge on any atom is -0.479 e. The highest BCUT2D eigenvalue weighted by atomic mass is 19.4. The quantitative estimate of drug-likeness (QED) is 0.764. The van der Waals surface area contributed by atoms with Gasteiger partial charge in [-0.3, -0.25) is 4.68 Å². The number of alkyl halides is 3. The van der Waals surface area contributed by atoms with Crippen LogP contribution in [-0.4, -0.2) is 35.6 Å². The number of hydrogen-bond acceptors (Lipinski definition) is 4. The van der Waals surface area contributed by atoms with E-state index >= 15 is 0 Å². The first-order valence-electron chi connectivity index (χ1n) is 4.72. The summed E-state index contributed by atoms with van der Waals surface area (Å²) in [6.07, 6.45) is -3.47. The fourth-order valence-corrected chi connectivity index (χ4v) is 1.17. The molecule has 0 aromatic carbocycles. The van der Waals surface area contributed by atoms with Crippen molar-refractivity contribution < 1.29 is 27.4 Å². The van der Waals surface area contributed by atoms with Gasteiger partial charge in [0.1, 0.15) is 12.1 Å². The zero-order chi connectivity index (χ0) is 13.1. The van der Waals surface area contributed by atoms with Crippen LogP contribution in [0, 0.1) is 0 Å². The van der Waals surface area contributed by atoms with E-state index in [1.165, 1.54) is 7.11 Å². The molecule has 0 aliphatic rings. The van der Waals surface area contributed by atoms with Crippen molar-refractivity contribution in [1.82, 2.24) is 9.78 Å². The standard InChI is InChI=1S/C9H11F3N2O3/c1-3-17-8(15)6-4-14(5-9(10,11)12)13-7(6)16-2/h4H,3,5H2,1-2H3. The third-order valence-electron chi connectivity index (χ3n) is 1.76. The van der Waals surface area contributed by atoms with Crippen molar-refractivity contribution in [3.63, 3.8) is 0 Å². The number of esters is 1. The predicted octanol–water partition coefficient (Wildman–Crippen LogP) is 1.63. The molecule has 0 unspecified atom stereocenters. The lowest BCUT2D eigenvalue weighted by Crippen LogP contribution is -2.18. The van der Waals surface area contributed by atoms with E-state index in [0.717, 1.165) is 6.20 Å². The number of hydrogen-bond donors (Lipinski definition) is 0. The molecule has 1 aromatic rings. The first-order chi connectivity index (χ1) is 7.87. The Labute approximate surface area is 95.1 Å². The van der Waals surface area contributed by atoms with Gasteiger partial charge in [0.25, 0.3) is 0 Å². The minimum absolute atomic E-state index is 0.117. The van der Waals surface area contributed by atoms with Crippen LogP contribution >= 0.6 is 0 Å². The summed E-state index contributed by atoms with van der Waals surface area (Å²) in [5.41, 5.74) is -0.126. The SMILES string of the molecule is CCOC(=O)c1cn(CC(F)(F)F)nc1OC. The van der Waals surface area contributed by atoms with Gasteiger partial charge in [0, 0.05) is 6.20 Å². The van der Waals surface area contributed by atoms with E-state index in [-0.39, 0.29) is 18.1 Å². The maximum atomic E-state index is 12.1. The van der Waals surface area contributed by atoms with E-state index in [0.29, 0.717) is 4.68 Å². The molecule has 96 valence electrons. The van der Waals surface area contributed by atoms with Crippen LogP contribution in [0.4, 0.5) is 13.2 Å². The van der Waals surface area contributed by atoms with Gasteiger partial charge >= 0.3 is 12.1 Å². The predicted molar refractivity (Wildman–Crippen MR) is 50.8 cm³/mol. The average Bonchev–Trinajstić information content (AvgIpc) is 2.58. The van der Waals surface area contributed by atoms with Gasteiger partial charge in [0.15, 0.2) is 0 Å². The number of rotatable bonds is 4. The summed E-state index contributed by atoms with van der Waals surface area (Å²) in [6, 6.07) is 0. The summed E-state index contributed by atoms with van der Waals surface area (Å²) in [7, 11) is 1.21. The van der Waals surface area contributed by atoms with Gasteiger partial charge < -0.3 is 9.47 Å². The van der Waals surface area contributed by atoms with Crippen LogP contribution in [0.3, 0.4) is 0 Å². The molecule has 1 aromatic heterocycles. The second-order valence-electron chi connectivity index (χ2n) is 3.09. The molecule has 0 aliphatic heterocycles. The molecular weight excluding hydrogens is 241 g/mol. The number of halogens is 3. The van der Waals surface area contributed by atoms with E-state index in [2.05, 4.69) is 9.84 Å². The molecule has 0 saturated carbocycles. The zero-order valence-electron chi connectivity index (χ0n) is 9.24. The topological polar surface area (TPSA) is 53.4 Å². The Morgan fingerprint density at radius 1 is 1.53 bits per heavy atom. The Bertz CT molecular complexity index is 401. The highest BCUT2D eigenvalue weighted by Crippen LogP contribution is 2.21. The lowest BCUT2D eigenvalue weighted by Gasteiger charge is -2.04. The molecule has 0 bridgehead atoms. The first-order valence-corrected chi connectivity index (χ1v) is 4.72. The highest BCUT2D eigenvalue weighted by molar-refractivity contribution is 5.91. The van der Waals surface area contributed by atoms with Crippen molar-refractivity contribution in [3.05, 3.63) is 11.8 Å². The molecule has 1 heterocycles. The van der Waals surface area contributed by atoms with E-state index in [1.807, 2.05) is 0 Å². The Kier molecular flexibility index (Phi) is 3.97. The number of aromatic nitrogens is 2. The number of ether oxygens (including phenoxy) is 2. The van der Waals surface area contributed by atoms with Crippen LogP contribution in [0.15, 0.2) is 6.20 Å². The van der Waals surface area contributed by atoms with Gasteiger partial charge in [0.05, 0.1) is 13.7 Å². The third-order valence-corrected chi connectivity index (χ3v) is 1.76. The maximum absolute atomic E-state index is 12.1. The van der Waals surface area contributed by atoms with Crippen molar-refractivity contribution in [2.24, 2.45) is 0 Å². The first kappa shape index (κ1) is 13.3. The Morgan fingerprint density at radius 3 is 2.65 bits per heavy atom. The molecule has 0 N–H and O–H groups in total. The normalized spacial score (nSPS) is 11.4. The van der Waals surface area contributed by atoms with Gasteiger partial charge in [0.2, 0.25) is 5.88 Å². The van der Waals surface area contributed by atoms with Crippen LogP contribution in [0.2, 0.25) is 0 Å². The number of methoxy groups -OCH3 is 1. The monoisotopic (exact) mass is 252 g/mol. The molecule has 0 spiro atoms. The summed E-state index contributed by atoms with van der Waals surface area (Å²) >= 11 is 0. The zero-order valence-corrected chi connectivity index (χ0v) is 9.24. The molecule has 0 fully saturated rings. The van der Waals surface area contributed by atoms with E-state index in [1.54, 1.807) is 6.92 Å². The summed E-state index contributed by atoms with van der Waals surface area (Å²) in [5.74, 6) is -0.953. The smallest absolute Gasteiger partial charge is 0.408 e. The fourth-order valence-electron chi connectivity index (χ4n) is 1.17. The molecule has 1 rings (SSSR count). The van der Waals surface area contributed by atoms with E-state index in [9.17, 15) is 18.0 Å². The van der Waals surface area contributed by atoms with Gasteiger partial charge in [-0.15, -0.1) is 5.10 Å². The van der Waals surface area contributed by atoms with Crippen molar-refractivity contribution in [2.75, 3.05) is 13.7 Å². The molecule has 0 radical (unpaired) electrons. The summed E-state index contributed by atoms with van der Waals surface area (Å²) in [6.45, 7) is 0.416. The summed E-state index contributed by atoms with van der Waals surface area (Å²) in [5, 5.41) is 3.49. The van der Waals surface area contributed by atoms with Crippen molar-refractivity contribution in [3.8, 4) is 5.88 Å². The molecule has 0 saturated heterocycles. The van der Waals surface area contributed by atoms with Crippen LogP contribution in [0.25, 0.3) is 0 Å². The minimum atomic E-state index is -4.41. The number of nitrogens with zero attached hydrogens (tertiary/aromatic N) is 2. The third kappa shape index (κ3) is 3.65. The van der Waals surface area contributed by atoms with Crippen molar-refractivity contribution in [1.29, 1.82) is 0 Å². The molecule has 0 amide bonds. The second kappa shape index (κ2) is 5.07. The molecule has 5 nitrogen and oxygen atoms in total. The second-order valence-corrected chi connectivity index (χ2v) is 3.09. The van der Waals surface area contributed by atoms with Gasteiger partial charge in [-0.2, -0.15) is 13.2 Å². The largest absolute Gasteiger partial charge is 0.479 e. The fraction of sp³-hybridized carbons (Fsp3) is 0.556. The summed E-state index contributed by atoms with van der Waals surface area (Å²) in [4.78, 5) is 11.4. The van der Waals surface area contributed by atoms with E-state index < -0.39 is 18.7 Å². The Balaban J connectivity index is 2.94. The summed E-state index contributed by atoms with van der Waals surface area (Å²) < 4.78 is 46.3. The van der Waals surface area contributed by atoms with Crippen LogP contribution in [0.5, 0.6) is 5.88 Å². The lowest BCUT2D eigenvalue weighted by molar-refractivity contribution is -0.142. The average molecular weight is 252 g/mol. The number of carbonyl (C=O) groups excluding carboxylic acids is 1. The van der Waals surface area contributed by atoms with Gasteiger partial charge in [-0.25, -0.2) is 4.79 Å². The van der Waals surface area contributed by atoms with E-state index in [4.69, 9.17) is 4.74 Å². The Morgan fingerprint density at radius 2 is 2.18 bits per heavy atom. The Hall–Kier alpha value is -1.73. The van der Waals surface area contributed by atoms with Crippen molar-refractivity contribution >= 4 is 5.97 Å². The van der Waals surface area contributed by atoms with Crippen LogP contribution in [0.1, 0.15) is 17.3 Å². The lowest BCUT2D eigenvalue weighted by atomic mass is 10.3. The van der Waals surface area contributed by atoms with Crippen molar-refractivity contribution in [2.45, 2.75) is 19.6 Å². The molecule has 8 heteroatoms.